The Morgan fingerprint density at radius 2 is 1.76 bits per heavy atom. The highest BCUT2D eigenvalue weighted by Gasteiger charge is 2.24. The average Bonchev–Trinajstić information content (AvgIpc) is 3.14. The van der Waals surface area contributed by atoms with Crippen molar-refractivity contribution in [1.82, 2.24) is 14.7 Å². The van der Waals surface area contributed by atoms with Crippen molar-refractivity contribution < 1.29 is 19.3 Å². The van der Waals surface area contributed by atoms with Gasteiger partial charge in [0.05, 0.1) is 43.4 Å². The van der Waals surface area contributed by atoms with Crippen molar-refractivity contribution in [3.63, 3.8) is 0 Å². The van der Waals surface area contributed by atoms with E-state index in [0.29, 0.717) is 37.1 Å². The van der Waals surface area contributed by atoms with Crippen LogP contribution in [0, 0.1) is 6.92 Å². The highest BCUT2D eigenvalue weighted by Crippen LogP contribution is 2.36. The molecule has 182 valence electrons. The van der Waals surface area contributed by atoms with Gasteiger partial charge in [0.1, 0.15) is 0 Å². The maximum Gasteiger partial charge on any atom is 0.227 e. The molecule has 1 heterocycles. The van der Waals surface area contributed by atoms with Crippen LogP contribution in [-0.4, -0.2) is 58.8 Å². The molecule has 0 bridgehead atoms. The fourth-order valence-corrected chi connectivity index (χ4v) is 3.65. The van der Waals surface area contributed by atoms with Gasteiger partial charge in [-0.1, -0.05) is 36.4 Å². The first-order valence-electron chi connectivity index (χ1n) is 11.5. The molecule has 0 aliphatic heterocycles. The monoisotopic (exact) mass is 465 g/mol. The molecule has 2 aromatic carbocycles. The molecule has 0 saturated carbocycles. The number of hydrogen-bond acceptors (Lipinski definition) is 6. The summed E-state index contributed by atoms with van der Waals surface area (Å²) in [5, 5.41) is 15.3. The second kappa shape index (κ2) is 12.4. The van der Waals surface area contributed by atoms with E-state index in [1.807, 2.05) is 66.2 Å². The molecule has 3 rings (SSSR count). The third-order valence-corrected chi connectivity index (χ3v) is 5.50. The number of benzene rings is 2. The third-order valence-electron chi connectivity index (χ3n) is 5.50. The fraction of sp³-hybridized carbons (Fsp3) is 0.370. The number of rotatable bonds is 13. The molecule has 1 unspecified atom stereocenters. The number of aryl methyl sites for hydroxylation is 1. The van der Waals surface area contributed by atoms with E-state index < -0.39 is 6.10 Å². The molecular weight excluding hydrogens is 430 g/mol. The van der Waals surface area contributed by atoms with Gasteiger partial charge >= 0.3 is 0 Å². The van der Waals surface area contributed by atoms with Crippen LogP contribution in [0.3, 0.4) is 0 Å². The number of aliphatic hydroxyl groups is 1. The van der Waals surface area contributed by atoms with Gasteiger partial charge < -0.3 is 19.3 Å². The summed E-state index contributed by atoms with van der Waals surface area (Å²) in [6.07, 6.45) is 1.06. The number of aliphatic hydroxyl groups excluding tert-OH is 1. The minimum atomic E-state index is -0.620. The number of aromatic nitrogens is 2. The van der Waals surface area contributed by atoms with Gasteiger partial charge in [-0.3, -0.25) is 4.90 Å². The molecule has 1 N–H and O–H groups in total. The van der Waals surface area contributed by atoms with Gasteiger partial charge in [-0.25, -0.2) is 4.68 Å². The zero-order chi connectivity index (χ0) is 24.5. The van der Waals surface area contributed by atoms with E-state index in [0.717, 1.165) is 16.9 Å². The summed E-state index contributed by atoms with van der Waals surface area (Å²) in [6.45, 7) is 11.5. The second-order valence-electron chi connectivity index (χ2n) is 8.37. The van der Waals surface area contributed by atoms with E-state index in [4.69, 9.17) is 19.3 Å². The third kappa shape index (κ3) is 6.47. The topological polar surface area (TPSA) is 69.0 Å². The predicted octanol–water partition coefficient (Wildman–Crippen LogP) is 4.76. The molecule has 0 aliphatic rings. The van der Waals surface area contributed by atoms with Crippen LogP contribution in [0.25, 0.3) is 5.69 Å². The summed E-state index contributed by atoms with van der Waals surface area (Å²) >= 11 is 0. The molecule has 0 spiro atoms. The normalized spacial score (nSPS) is 12.2. The number of methoxy groups -OCH3 is 1. The number of para-hydroxylation sites is 3. The first-order valence-corrected chi connectivity index (χ1v) is 11.5. The van der Waals surface area contributed by atoms with Crippen LogP contribution >= 0.6 is 0 Å². The first kappa shape index (κ1) is 25.5. The van der Waals surface area contributed by atoms with E-state index >= 15 is 0 Å². The Bertz CT molecular complexity index is 1050. The lowest BCUT2D eigenvalue weighted by Crippen LogP contribution is -2.39. The van der Waals surface area contributed by atoms with Gasteiger partial charge in [-0.05, 0) is 45.0 Å². The molecule has 0 fully saturated rings. The Hall–Kier alpha value is -3.13. The zero-order valence-electron chi connectivity index (χ0n) is 20.5. The first-order chi connectivity index (χ1) is 16.4. The number of hydrogen-bond donors (Lipinski definition) is 1. The van der Waals surface area contributed by atoms with Gasteiger partial charge in [0.2, 0.25) is 5.88 Å². The van der Waals surface area contributed by atoms with E-state index in [9.17, 15) is 5.11 Å². The van der Waals surface area contributed by atoms with Crippen LogP contribution in [0.5, 0.6) is 17.4 Å². The summed E-state index contributed by atoms with van der Waals surface area (Å²) in [5.74, 6) is 1.87. The molecule has 3 aromatic rings. The molecule has 0 aliphatic carbocycles. The largest absolute Gasteiger partial charge is 0.493 e. The van der Waals surface area contributed by atoms with Crippen LogP contribution in [-0.2, 0) is 11.3 Å². The van der Waals surface area contributed by atoms with Crippen molar-refractivity contribution in [3.05, 3.63) is 78.5 Å². The van der Waals surface area contributed by atoms with E-state index in [-0.39, 0.29) is 12.6 Å². The molecule has 7 heteroatoms. The lowest BCUT2D eigenvalue weighted by atomic mass is 10.2. The van der Waals surface area contributed by atoms with E-state index in [1.165, 1.54) is 0 Å². The van der Waals surface area contributed by atoms with Gasteiger partial charge in [0, 0.05) is 19.1 Å². The molecule has 1 aromatic heterocycles. The number of nitrogens with zero attached hydrogens (tertiary/aromatic N) is 3. The van der Waals surface area contributed by atoms with Gasteiger partial charge in [0.25, 0.3) is 0 Å². The smallest absolute Gasteiger partial charge is 0.227 e. The Balaban J connectivity index is 1.96. The molecule has 7 nitrogen and oxygen atoms in total. The van der Waals surface area contributed by atoms with Crippen molar-refractivity contribution in [2.75, 3.05) is 26.9 Å². The van der Waals surface area contributed by atoms with Crippen molar-refractivity contribution in [3.8, 4) is 23.1 Å². The minimum Gasteiger partial charge on any atom is -0.493 e. The maximum absolute atomic E-state index is 10.5. The molecule has 0 amide bonds. The maximum atomic E-state index is 10.5. The Morgan fingerprint density at radius 1 is 1.09 bits per heavy atom. The van der Waals surface area contributed by atoms with Crippen LogP contribution in [0.15, 0.2) is 67.3 Å². The van der Waals surface area contributed by atoms with E-state index in [1.54, 1.807) is 13.2 Å². The SMILES string of the molecule is C=CCOCC(O)CN(Cc1c(C)nn(-c2ccccc2)c1Oc1ccccc1OC)C(C)C. The summed E-state index contributed by atoms with van der Waals surface area (Å²) in [4.78, 5) is 2.19. The van der Waals surface area contributed by atoms with Gasteiger partial charge in [-0.15, -0.1) is 6.58 Å². The van der Waals surface area contributed by atoms with Crippen molar-refractivity contribution in [2.24, 2.45) is 0 Å². The number of ether oxygens (including phenoxy) is 3. The highest BCUT2D eigenvalue weighted by molar-refractivity contribution is 5.47. The summed E-state index contributed by atoms with van der Waals surface area (Å²) in [5.41, 5.74) is 2.70. The van der Waals surface area contributed by atoms with E-state index in [2.05, 4.69) is 25.3 Å². The van der Waals surface area contributed by atoms with Gasteiger partial charge in [-0.2, -0.15) is 5.10 Å². The predicted molar refractivity (Wildman–Crippen MR) is 134 cm³/mol. The van der Waals surface area contributed by atoms with Crippen molar-refractivity contribution >= 4 is 0 Å². The Morgan fingerprint density at radius 3 is 2.41 bits per heavy atom. The van der Waals surface area contributed by atoms with Crippen LogP contribution in [0.2, 0.25) is 0 Å². The Labute approximate surface area is 202 Å². The summed E-state index contributed by atoms with van der Waals surface area (Å²) in [7, 11) is 1.62. The standard InChI is InChI=1S/C27H35N3O4/c1-6-16-33-19-23(31)17-29(20(2)3)18-24-21(4)28-30(22-12-8-7-9-13-22)27(24)34-26-15-11-10-14-25(26)32-5/h6-15,20,23,31H,1,16-19H2,2-5H3. The molecule has 0 radical (unpaired) electrons. The average molecular weight is 466 g/mol. The zero-order valence-corrected chi connectivity index (χ0v) is 20.5. The fourth-order valence-electron chi connectivity index (χ4n) is 3.65. The summed E-state index contributed by atoms with van der Waals surface area (Å²) in [6, 6.07) is 17.6. The molecular formula is C27H35N3O4. The van der Waals surface area contributed by atoms with Crippen LogP contribution in [0.1, 0.15) is 25.1 Å². The second-order valence-corrected chi connectivity index (χ2v) is 8.37. The Kier molecular flexibility index (Phi) is 9.27. The van der Waals surface area contributed by atoms with Crippen LogP contribution in [0.4, 0.5) is 0 Å². The minimum absolute atomic E-state index is 0.188. The summed E-state index contributed by atoms with van der Waals surface area (Å²) < 4.78 is 19.2. The quantitative estimate of drug-likeness (QED) is 0.290. The highest BCUT2D eigenvalue weighted by atomic mass is 16.5. The van der Waals surface area contributed by atoms with Gasteiger partial charge in [0.15, 0.2) is 11.5 Å². The molecule has 0 saturated heterocycles. The lowest BCUT2D eigenvalue weighted by molar-refractivity contribution is 0.0177. The van der Waals surface area contributed by atoms with Crippen molar-refractivity contribution in [2.45, 2.75) is 39.5 Å². The van der Waals surface area contributed by atoms with Crippen molar-refractivity contribution in [1.29, 1.82) is 0 Å². The lowest BCUT2D eigenvalue weighted by Gasteiger charge is -2.29. The molecule has 34 heavy (non-hydrogen) atoms. The van der Waals surface area contributed by atoms with Crippen LogP contribution < -0.4 is 9.47 Å². The molecule has 1 atom stereocenters.